The van der Waals surface area contributed by atoms with E-state index in [0.29, 0.717) is 10.6 Å². The van der Waals surface area contributed by atoms with Crippen LogP contribution in [0.1, 0.15) is 39.1 Å². The molecule has 1 aromatic rings. The van der Waals surface area contributed by atoms with E-state index in [1.165, 1.54) is 0 Å². The molecule has 0 saturated heterocycles. The SMILES string of the molecule is CN1C(C)(C)c2no[n+]([O-])c2C1(C)C. The summed E-state index contributed by atoms with van der Waals surface area (Å²) in [5.41, 5.74) is 0.767. The molecule has 1 aliphatic heterocycles. The highest BCUT2D eigenvalue weighted by atomic mass is 16.8. The van der Waals surface area contributed by atoms with Crippen molar-refractivity contribution in [2.75, 3.05) is 7.05 Å². The fourth-order valence-corrected chi connectivity index (χ4v) is 2.18. The van der Waals surface area contributed by atoms with Crippen molar-refractivity contribution in [3.8, 4) is 0 Å². The van der Waals surface area contributed by atoms with Crippen LogP contribution in [0, 0.1) is 5.21 Å². The largest absolute Gasteiger partial charge is 0.359 e. The van der Waals surface area contributed by atoms with E-state index in [9.17, 15) is 5.21 Å². The normalized spacial score (nSPS) is 23.8. The van der Waals surface area contributed by atoms with Crippen molar-refractivity contribution in [1.82, 2.24) is 10.1 Å². The quantitative estimate of drug-likeness (QED) is 0.575. The van der Waals surface area contributed by atoms with Gasteiger partial charge in [-0.3, -0.25) is 9.53 Å². The molecular weight excluding hydrogens is 182 g/mol. The van der Waals surface area contributed by atoms with Crippen molar-refractivity contribution in [3.05, 3.63) is 16.6 Å². The third-order valence-corrected chi connectivity index (χ3v) is 3.45. The number of aromatic nitrogens is 2. The van der Waals surface area contributed by atoms with Gasteiger partial charge in [0, 0.05) is 5.16 Å². The molecule has 5 nitrogen and oxygen atoms in total. The molecule has 0 saturated carbocycles. The van der Waals surface area contributed by atoms with Crippen molar-refractivity contribution in [3.63, 3.8) is 0 Å². The van der Waals surface area contributed by atoms with Crippen LogP contribution in [0.5, 0.6) is 0 Å². The molecule has 1 aliphatic rings. The predicted molar refractivity (Wildman–Crippen MR) is 49.3 cm³/mol. The van der Waals surface area contributed by atoms with E-state index in [0.717, 1.165) is 5.69 Å². The van der Waals surface area contributed by atoms with Crippen LogP contribution in [0.25, 0.3) is 0 Å². The van der Waals surface area contributed by atoms with Crippen molar-refractivity contribution < 1.29 is 9.53 Å². The Morgan fingerprint density at radius 3 is 2.36 bits per heavy atom. The molecule has 2 rings (SSSR count). The van der Waals surface area contributed by atoms with E-state index in [1.807, 2.05) is 34.7 Å². The summed E-state index contributed by atoms with van der Waals surface area (Å²) >= 11 is 0. The molecule has 0 radical (unpaired) electrons. The summed E-state index contributed by atoms with van der Waals surface area (Å²) in [4.78, 5) is 2.64. The van der Waals surface area contributed by atoms with E-state index in [-0.39, 0.29) is 11.1 Å². The van der Waals surface area contributed by atoms with Crippen LogP contribution >= 0.6 is 0 Å². The highest BCUT2D eigenvalue weighted by molar-refractivity contribution is 5.28. The second-order valence-electron chi connectivity index (χ2n) is 4.80. The summed E-state index contributed by atoms with van der Waals surface area (Å²) in [6.07, 6.45) is 0. The summed E-state index contributed by atoms with van der Waals surface area (Å²) < 4.78 is 4.64. The van der Waals surface area contributed by atoms with Crippen LogP contribution in [0.4, 0.5) is 0 Å². The third kappa shape index (κ3) is 0.829. The number of hydrogen-bond acceptors (Lipinski definition) is 4. The molecule has 0 fully saturated rings. The van der Waals surface area contributed by atoms with Gasteiger partial charge in [-0.2, -0.15) is 0 Å². The van der Waals surface area contributed by atoms with Crippen molar-refractivity contribution in [2.45, 2.75) is 38.8 Å². The van der Waals surface area contributed by atoms with Gasteiger partial charge in [0.25, 0.3) is 0 Å². The Morgan fingerprint density at radius 2 is 1.86 bits per heavy atom. The van der Waals surface area contributed by atoms with Gasteiger partial charge in [0.05, 0.1) is 11.1 Å². The van der Waals surface area contributed by atoms with Gasteiger partial charge in [-0.1, -0.05) is 0 Å². The third-order valence-electron chi connectivity index (χ3n) is 3.45. The minimum atomic E-state index is -0.333. The molecule has 0 atom stereocenters. The number of fused-ring (bicyclic) bond motifs is 1. The van der Waals surface area contributed by atoms with Crippen LogP contribution in [0.2, 0.25) is 0 Å². The molecule has 1 aromatic heterocycles. The minimum absolute atomic E-state index is 0.252. The molecule has 78 valence electrons. The second kappa shape index (κ2) is 2.28. The second-order valence-corrected chi connectivity index (χ2v) is 4.80. The van der Waals surface area contributed by atoms with Crippen LogP contribution in [0.3, 0.4) is 0 Å². The zero-order valence-corrected chi connectivity index (χ0v) is 9.16. The Hall–Kier alpha value is -1.10. The van der Waals surface area contributed by atoms with E-state index in [4.69, 9.17) is 0 Å². The molecule has 0 N–H and O–H groups in total. The highest BCUT2D eigenvalue weighted by Gasteiger charge is 2.56. The highest BCUT2D eigenvalue weighted by Crippen LogP contribution is 2.45. The maximum atomic E-state index is 11.4. The Kier molecular flexibility index (Phi) is 1.54. The molecular formula is C9H15N3O2. The fourth-order valence-electron chi connectivity index (χ4n) is 2.18. The average Bonchev–Trinajstić information content (AvgIpc) is 2.50. The number of rotatable bonds is 0. The zero-order chi connectivity index (χ0) is 10.7. The summed E-state index contributed by atoms with van der Waals surface area (Å²) in [6.45, 7) is 8.05. The molecule has 0 aromatic carbocycles. The van der Waals surface area contributed by atoms with Crippen molar-refractivity contribution in [1.29, 1.82) is 0 Å². The Bertz CT molecular complexity index is 381. The van der Waals surface area contributed by atoms with Crippen LogP contribution < -0.4 is 4.90 Å². The van der Waals surface area contributed by atoms with Gasteiger partial charge < -0.3 is 5.21 Å². The molecule has 5 heteroatoms. The van der Waals surface area contributed by atoms with Gasteiger partial charge in [0.2, 0.25) is 11.4 Å². The number of nitrogens with zero attached hydrogens (tertiary/aromatic N) is 3. The standard InChI is InChI=1S/C9H15N3O2/c1-8(2)6-7(12(13)14-10-6)9(3,4)11(8)5/h1-5H3. The van der Waals surface area contributed by atoms with Gasteiger partial charge in [-0.15, -0.1) is 0 Å². The lowest BCUT2D eigenvalue weighted by atomic mass is 10.0. The lowest BCUT2D eigenvalue weighted by Crippen LogP contribution is -2.46. The Morgan fingerprint density at radius 1 is 1.29 bits per heavy atom. The predicted octanol–water partition coefficient (Wildman–Crippen LogP) is 0.724. The molecule has 2 heterocycles. The van der Waals surface area contributed by atoms with E-state index >= 15 is 0 Å². The smallest absolute Gasteiger partial charge is 0.242 e. The average molecular weight is 197 g/mol. The first kappa shape index (κ1) is 9.45. The molecule has 0 amide bonds. The summed E-state index contributed by atoms with van der Waals surface area (Å²) in [5, 5.41) is 15.2. The van der Waals surface area contributed by atoms with E-state index < -0.39 is 0 Å². The maximum absolute atomic E-state index is 11.4. The monoisotopic (exact) mass is 197 g/mol. The molecule has 14 heavy (non-hydrogen) atoms. The van der Waals surface area contributed by atoms with Gasteiger partial charge >= 0.3 is 0 Å². The van der Waals surface area contributed by atoms with Crippen LogP contribution in [-0.2, 0) is 11.1 Å². The van der Waals surface area contributed by atoms with Gasteiger partial charge in [-0.05, 0) is 39.6 Å². The Labute approximate surface area is 82.8 Å². The van der Waals surface area contributed by atoms with E-state index in [1.54, 1.807) is 0 Å². The fraction of sp³-hybridized carbons (Fsp3) is 0.778. The van der Waals surface area contributed by atoms with Gasteiger partial charge in [0.1, 0.15) is 0 Å². The summed E-state index contributed by atoms with van der Waals surface area (Å²) in [6, 6.07) is 0. The summed E-state index contributed by atoms with van der Waals surface area (Å²) in [5.74, 6) is 0. The first-order valence-corrected chi connectivity index (χ1v) is 4.64. The van der Waals surface area contributed by atoms with Crippen molar-refractivity contribution in [2.24, 2.45) is 0 Å². The maximum Gasteiger partial charge on any atom is 0.242 e. The molecule has 0 spiro atoms. The lowest BCUT2D eigenvalue weighted by molar-refractivity contribution is -0.810. The summed E-state index contributed by atoms with van der Waals surface area (Å²) in [7, 11) is 1.99. The van der Waals surface area contributed by atoms with Gasteiger partial charge in [-0.25, -0.2) is 0 Å². The minimum Gasteiger partial charge on any atom is -0.359 e. The first-order chi connectivity index (χ1) is 6.29. The van der Waals surface area contributed by atoms with Crippen molar-refractivity contribution >= 4 is 0 Å². The van der Waals surface area contributed by atoms with Gasteiger partial charge in [0.15, 0.2) is 0 Å². The molecule has 0 unspecified atom stereocenters. The first-order valence-electron chi connectivity index (χ1n) is 4.64. The number of hydrogen-bond donors (Lipinski definition) is 0. The zero-order valence-electron chi connectivity index (χ0n) is 9.16. The van der Waals surface area contributed by atoms with Crippen LogP contribution in [0.15, 0.2) is 4.63 Å². The topological polar surface area (TPSA) is 56.2 Å². The lowest BCUT2D eigenvalue weighted by Gasteiger charge is -2.34. The Balaban J connectivity index is 2.71. The molecule has 0 bridgehead atoms. The molecule has 0 aliphatic carbocycles. The van der Waals surface area contributed by atoms with Crippen LogP contribution in [-0.4, -0.2) is 17.1 Å². The van der Waals surface area contributed by atoms with E-state index in [2.05, 4.69) is 14.7 Å².